The number of hydrogen-bond donors (Lipinski definition) is 0. The first-order valence-corrected chi connectivity index (χ1v) is 8.03. The van der Waals surface area contributed by atoms with E-state index in [4.69, 9.17) is 0 Å². The zero-order valence-electron chi connectivity index (χ0n) is 13.0. The van der Waals surface area contributed by atoms with E-state index in [0.29, 0.717) is 0 Å². The fraction of sp³-hybridized carbons (Fsp3) is 0.882. The maximum Gasteiger partial charge on any atom is 0.229 e. The van der Waals surface area contributed by atoms with Crippen LogP contribution in [0.25, 0.3) is 0 Å². The van der Waals surface area contributed by atoms with Gasteiger partial charge in [-0.3, -0.25) is 4.79 Å². The van der Waals surface area contributed by atoms with E-state index in [1.807, 2.05) is 25.7 Å². The maximum atomic E-state index is 12.8. The summed E-state index contributed by atoms with van der Waals surface area (Å²) in [4.78, 5) is 14.8. The SMILES string of the molecule is CC(C)(C)C(=O)N(CC#N)C12CC3CC(CC(C3)C1)C2. The highest BCUT2D eigenvalue weighted by molar-refractivity contribution is 5.82. The lowest BCUT2D eigenvalue weighted by Gasteiger charge is -2.60. The van der Waals surface area contributed by atoms with E-state index >= 15 is 0 Å². The second-order valence-electron chi connectivity index (χ2n) is 8.44. The van der Waals surface area contributed by atoms with E-state index in [-0.39, 0.29) is 23.4 Å². The van der Waals surface area contributed by atoms with Crippen LogP contribution >= 0.6 is 0 Å². The Hall–Kier alpha value is -1.04. The van der Waals surface area contributed by atoms with Crippen molar-refractivity contribution in [3.8, 4) is 6.07 Å². The summed E-state index contributed by atoms with van der Waals surface area (Å²) in [6.07, 6.45) is 7.52. The number of hydrogen-bond acceptors (Lipinski definition) is 2. The van der Waals surface area contributed by atoms with Crippen LogP contribution in [0.3, 0.4) is 0 Å². The summed E-state index contributed by atoms with van der Waals surface area (Å²) < 4.78 is 0. The first-order chi connectivity index (χ1) is 9.34. The van der Waals surface area contributed by atoms with Crippen LogP contribution < -0.4 is 0 Å². The summed E-state index contributed by atoms with van der Waals surface area (Å²) in [6.45, 7) is 6.18. The summed E-state index contributed by atoms with van der Waals surface area (Å²) in [7, 11) is 0. The van der Waals surface area contributed by atoms with Gasteiger partial charge in [-0.15, -0.1) is 0 Å². The highest BCUT2D eigenvalue weighted by Crippen LogP contribution is 2.58. The van der Waals surface area contributed by atoms with Gasteiger partial charge in [-0.1, -0.05) is 20.8 Å². The fourth-order valence-electron chi connectivity index (χ4n) is 5.33. The van der Waals surface area contributed by atoms with Crippen LogP contribution in [0.5, 0.6) is 0 Å². The van der Waals surface area contributed by atoms with Crippen LogP contribution in [0.15, 0.2) is 0 Å². The molecule has 3 nitrogen and oxygen atoms in total. The third kappa shape index (κ3) is 2.14. The van der Waals surface area contributed by atoms with Crippen molar-refractivity contribution in [1.82, 2.24) is 4.90 Å². The molecule has 0 aliphatic heterocycles. The second-order valence-corrected chi connectivity index (χ2v) is 8.44. The lowest BCUT2D eigenvalue weighted by molar-refractivity contribution is -0.157. The molecule has 110 valence electrons. The molecule has 0 radical (unpaired) electrons. The summed E-state index contributed by atoms with van der Waals surface area (Å²) >= 11 is 0. The zero-order valence-corrected chi connectivity index (χ0v) is 13.0. The Bertz CT molecular complexity index is 419. The summed E-state index contributed by atoms with van der Waals surface area (Å²) in [5, 5.41) is 9.21. The van der Waals surface area contributed by atoms with E-state index in [1.165, 1.54) is 19.3 Å². The molecule has 20 heavy (non-hydrogen) atoms. The van der Waals surface area contributed by atoms with Crippen molar-refractivity contribution in [2.75, 3.05) is 6.54 Å². The Morgan fingerprint density at radius 3 is 1.95 bits per heavy atom. The molecule has 0 aromatic carbocycles. The van der Waals surface area contributed by atoms with Gasteiger partial charge in [-0.05, 0) is 56.3 Å². The Kier molecular flexibility index (Phi) is 3.12. The largest absolute Gasteiger partial charge is 0.323 e. The molecule has 0 atom stereocenters. The molecule has 4 rings (SSSR count). The van der Waals surface area contributed by atoms with E-state index in [0.717, 1.165) is 37.0 Å². The van der Waals surface area contributed by atoms with E-state index in [2.05, 4.69) is 6.07 Å². The first kappa shape index (κ1) is 13.9. The lowest BCUT2D eigenvalue weighted by Crippen LogP contribution is -2.63. The van der Waals surface area contributed by atoms with Crippen molar-refractivity contribution in [1.29, 1.82) is 5.26 Å². The minimum absolute atomic E-state index is 0.00877. The standard InChI is InChI=1S/C17H26N2O/c1-16(2,3)15(20)19(5-4-18)17-9-12-6-13(10-17)8-14(7-12)11-17/h12-14H,5-11H2,1-3H3. The van der Waals surface area contributed by atoms with Crippen molar-refractivity contribution in [3.63, 3.8) is 0 Å². The van der Waals surface area contributed by atoms with Crippen molar-refractivity contribution in [2.24, 2.45) is 23.2 Å². The second kappa shape index (κ2) is 4.48. The Balaban J connectivity index is 1.91. The van der Waals surface area contributed by atoms with Gasteiger partial charge >= 0.3 is 0 Å². The van der Waals surface area contributed by atoms with Gasteiger partial charge in [0.25, 0.3) is 0 Å². The third-order valence-electron chi connectivity index (χ3n) is 5.69. The van der Waals surface area contributed by atoms with Crippen molar-refractivity contribution < 1.29 is 4.79 Å². The zero-order chi connectivity index (χ0) is 14.5. The summed E-state index contributed by atoms with van der Waals surface area (Å²) in [6, 6.07) is 2.25. The number of nitrogens with zero attached hydrogens (tertiary/aromatic N) is 2. The van der Waals surface area contributed by atoms with Crippen LogP contribution in [-0.2, 0) is 4.79 Å². The summed E-state index contributed by atoms with van der Waals surface area (Å²) in [5.74, 6) is 2.57. The molecular weight excluding hydrogens is 248 g/mol. The monoisotopic (exact) mass is 274 g/mol. The molecule has 0 aromatic heterocycles. The van der Waals surface area contributed by atoms with Gasteiger partial charge in [0.15, 0.2) is 0 Å². The molecule has 0 N–H and O–H groups in total. The van der Waals surface area contributed by atoms with Crippen molar-refractivity contribution >= 4 is 5.91 Å². The predicted octanol–water partition coefficient (Wildman–Crippen LogP) is 3.35. The Morgan fingerprint density at radius 1 is 1.15 bits per heavy atom. The smallest absolute Gasteiger partial charge is 0.229 e. The van der Waals surface area contributed by atoms with Gasteiger partial charge in [0, 0.05) is 11.0 Å². The molecule has 0 spiro atoms. The van der Waals surface area contributed by atoms with Crippen LogP contribution in [0, 0.1) is 34.5 Å². The van der Waals surface area contributed by atoms with Crippen LogP contribution in [-0.4, -0.2) is 22.9 Å². The molecule has 4 aliphatic rings. The topological polar surface area (TPSA) is 44.1 Å². The number of rotatable bonds is 2. The molecule has 0 heterocycles. The molecule has 0 unspecified atom stereocenters. The Labute approximate surface area is 122 Å². The fourth-order valence-corrected chi connectivity index (χ4v) is 5.33. The molecule has 0 aromatic rings. The van der Waals surface area contributed by atoms with Gasteiger partial charge in [-0.2, -0.15) is 5.26 Å². The average molecular weight is 274 g/mol. The van der Waals surface area contributed by atoms with Gasteiger partial charge in [0.2, 0.25) is 5.91 Å². The predicted molar refractivity (Wildman–Crippen MR) is 77.7 cm³/mol. The van der Waals surface area contributed by atoms with Crippen LogP contribution in [0.1, 0.15) is 59.3 Å². The minimum Gasteiger partial charge on any atom is -0.323 e. The van der Waals surface area contributed by atoms with Crippen molar-refractivity contribution in [2.45, 2.75) is 64.8 Å². The number of nitriles is 1. The van der Waals surface area contributed by atoms with E-state index in [1.54, 1.807) is 0 Å². The van der Waals surface area contributed by atoms with Crippen molar-refractivity contribution in [3.05, 3.63) is 0 Å². The molecule has 1 amide bonds. The highest BCUT2D eigenvalue weighted by atomic mass is 16.2. The Morgan fingerprint density at radius 2 is 1.60 bits per heavy atom. The molecule has 4 fully saturated rings. The first-order valence-electron chi connectivity index (χ1n) is 8.03. The highest BCUT2D eigenvalue weighted by Gasteiger charge is 2.55. The van der Waals surface area contributed by atoms with Crippen LogP contribution in [0.2, 0.25) is 0 Å². The maximum absolute atomic E-state index is 12.8. The molecule has 4 saturated carbocycles. The quantitative estimate of drug-likeness (QED) is 0.725. The van der Waals surface area contributed by atoms with Gasteiger partial charge in [0.05, 0.1) is 6.07 Å². The van der Waals surface area contributed by atoms with E-state index < -0.39 is 0 Å². The normalized spacial score (nSPS) is 38.6. The third-order valence-corrected chi connectivity index (χ3v) is 5.69. The minimum atomic E-state index is -0.389. The van der Waals surface area contributed by atoms with Crippen LogP contribution in [0.4, 0.5) is 0 Å². The van der Waals surface area contributed by atoms with Gasteiger partial charge in [-0.25, -0.2) is 0 Å². The molecular formula is C17H26N2O. The molecule has 3 heteroatoms. The molecule has 4 aliphatic carbocycles. The van der Waals surface area contributed by atoms with Gasteiger partial charge < -0.3 is 4.90 Å². The van der Waals surface area contributed by atoms with Gasteiger partial charge in [0.1, 0.15) is 6.54 Å². The number of carbonyl (C=O) groups excluding carboxylic acids is 1. The summed E-state index contributed by atoms with van der Waals surface area (Å²) in [5.41, 5.74) is -0.380. The number of amides is 1. The van der Waals surface area contributed by atoms with E-state index in [9.17, 15) is 10.1 Å². The lowest BCUT2D eigenvalue weighted by atomic mass is 9.52. The molecule has 4 bridgehead atoms. The average Bonchev–Trinajstić information content (AvgIpc) is 2.32. The number of carbonyl (C=O) groups is 1. The molecule has 0 saturated heterocycles.